The summed E-state index contributed by atoms with van der Waals surface area (Å²) in [5.74, 6) is -5.08. The largest absolute Gasteiger partial charge is 0.465 e. The second-order valence-corrected chi connectivity index (χ2v) is 7.50. The van der Waals surface area contributed by atoms with E-state index in [1.54, 1.807) is 0 Å². The summed E-state index contributed by atoms with van der Waals surface area (Å²) >= 11 is 0. The molecule has 0 spiro atoms. The highest BCUT2D eigenvalue weighted by Crippen LogP contribution is 2.33. The fourth-order valence-corrected chi connectivity index (χ4v) is 3.46. The molecule has 0 saturated carbocycles. The van der Waals surface area contributed by atoms with Gasteiger partial charge in [-0.05, 0) is 5.56 Å². The van der Waals surface area contributed by atoms with Gasteiger partial charge >= 0.3 is 11.9 Å². The summed E-state index contributed by atoms with van der Waals surface area (Å²) in [5.41, 5.74) is 0.842. The smallest absolute Gasteiger partial charge is 0.366 e. The van der Waals surface area contributed by atoms with E-state index in [9.17, 15) is 29.7 Å². The maximum absolute atomic E-state index is 12.1. The minimum absolute atomic E-state index is 0.160. The summed E-state index contributed by atoms with van der Waals surface area (Å²) in [6.45, 7) is 2.13. The average Bonchev–Trinajstić information content (AvgIpc) is 2.74. The van der Waals surface area contributed by atoms with Crippen molar-refractivity contribution in [1.29, 1.82) is 0 Å². The number of aliphatic hydroxyl groups excluding tert-OH is 2. The summed E-state index contributed by atoms with van der Waals surface area (Å²) < 4.78 is 20.6. The van der Waals surface area contributed by atoms with Crippen LogP contribution in [-0.4, -0.2) is 83.1 Å². The summed E-state index contributed by atoms with van der Waals surface area (Å²) in [6, 6.07) is 7.94. The van der Waals surface area contributed by atoms with Gasteiger partial charge in [-0.25, -0.2) is 4.79 Å². The zero-order valence-electron chi connectivity index (χ0n) is 18.1. The number of benzene rings is 1. The fourth-order valence-electron chi connectivity index (χ4n) is 3.46. The van der Waals surface area contributed by atoms with Crippen molar-refractivity contribution in [1.82, 2.24) is 5.32 Å². The zero-order valence-corrected chi connectivity index (χ0v) is 18.1. The Labute approximate surface area is 185 Å². The molecule has 1 heterocycles. The Morgan fingerprint density at radius 3 is 2.44 bits per heavy atom. The molecule has 0 bridgehead atoms. The Hall–Kier alpha value is -2.57. The van der Waals surface area contributed by atoms with Gasteiger partial charge in [-0.2, -0.15) is 0 Å². The molecular formula is C21H29NO10. The maximum atomic E-state index is 12.1. The van der Waals surface area contributed by atoms with Crippen molar-refractivity contribution in [2.75, 3.05) is 13.7 Å². The molecule has 1 aliphatic heterocycles. The zero-order chi connectivity index (χ0) is 23.9. The first-order valence-corrected chi connectivity index (χ1v) is 9.98. The van der Waals surface area contributed by atoms with Crippen LogP contribution in [0.25, 0.3) is 0 Å². The van der Waals surface area contributed by atoms with Gasteiger partial charge in [-0.3, -0.25) is 9.59 Å². The number of amides is 1. The van der Waals surface area contributed by atoms with Gasteiger partial charge in [0.1, 0.15) is 24.4 Å². The third-order valence-electron chi connectivity index (χ3n) is 4.89. The lowest BCUT2D eigenvalue weighted by molar-refractivity contribution is -0.297. The number of ether oxygens (including phenoxy) is 4. The van der Waals surface area contributed by atoms with Crippen molar-refractivity contribution in [3.63, 3.8) is 0 Å². The fraction of sp³-hybridized carbons (Fsp3) is 0.571. The maximum Gasteiger partial charge on any atom is 0.366 e. The minimum atomic E-state index is -2.58. The summed E-state index contributed by atoms with van der Waals surface area (Å²) in [7, 11) is 1.02. The number of carbonyl (C=O) groups excluding carboxylic acids is 3. The van der Waals surface area contributed by atoms with Gasteiger partial charge in [-0.15, -0.1) is 0 Å². The Bertz CT molecular complexity index is 788. The van der Waals surface area contributed by atoms with Gasteiger partial charge in [0, 0.05) is 13.8 Å². The highest BCUT2D eigenvalue weighted by Gasteiger charge is 2.55. The molecule has 11 heteroatoms. The minimum Gasteiger partial charge on any atom is -0.465 e. The molecule has 2 rings (SSSR count). The second kappa shape index (κ2) is 11.3. The second-order valence-electron chi connectivity index (χ2n) is 7.50. The normalized spacial score (nSPS) is 27.1. The molecular weight excluding hydrogens is 426 g/mol. The number of methoxy groups -OCH3 is 1. The lowest BCUT2D eigenvalue weighted by atomic mass is 9.88. The average molecular weight is 455 g/mol. The molecule has 1 aromatic carbocycles. The molecule has 0 radical (unpaired) electrons. The number of aliphatic hydroxyl groups is 3. The van der Waals surface area contributed by atoms with Crippen LogP contribution in [0, 0.1) is 0 Å². The van der Waals surface area contributed by atoms with E-state index in [2.05, 4.69) is 10.1 Å². The summed E-state index contributed by atoms with van der Waals surface area (Å²) in [5, 5.41) is 34.4. The van der Waals surface area contributed by atoms with E-state index < -0.39 is 60.5 Å². The molecule has 1 saturated heterocycles. The molecule has 0 aliphatic carbocycles. The number of hydrogen-bond donors (Lipinski definition) is 4. The van der Waals surface area contributed by atoms with Gasteiger partial charge in [0.2, 0.25) is 5.91 Å². The van der Waals surface area contributed by atoms with E-state index in [1.165, 1.54) is 6.92 Å². The Balaban J connectivity index is 2.21. The highest BCUT2D eigenvalue weighted by atomic mass is 16.7. The van der Waals surface area contributed by atoms with Crippen molar-refractivity contribution in [2.24, 2.45) is 0 Å². The predicted octanol–water partition coefficient (Wildman–Crippen LogP) is -0.988. The van der Waals surface area contributed by atoms with Gasteiger partial charge in [0.15, 0.2) is 0 Å². The molecule has 1 amide bonds. The van der Waals surface area contributed by atoms with Crippen LogP contribution in [0.1, 0.15) is 25.8 Å². The van der Waals surface area contributed by atoms with Crippen LogP contribution in [0.3, 0.4) is 0 Å². The standard InChI is InChI=1S/C21H29NO10/c1-12(23)22-17-16(31-13(2)24)9-21(28,20(27)29-3)32-19(17)18(26)15(25)11-30-10-14-7-5-4-6-8-14/h4-8,15-19,25-26,28H,9-11H2,1-3H3,(H,22,23)/t15-,16+,17-,18-,19-,21+/m1/s1. The van der Waals surface area contributed by atoms with Crippen LogP contribution < -0.4 is 5.32 Å². The van der Waals surface area contributed by atoms with Crippen LogP contribution in [0.15, 0.2) is 30.3 Å². The number of esters is 2. The van der Waals surface area contributed by atoms with E-state index >= 15 is 0 Å². The van der Waals surface area contributed by atoms with Crippen molar-refractivity contribution < 1.29 is 48.7 Å². The van der Waals surface area contributed by atoms with Crippen molar-refractivity contribution in [3.05, 3.63) is 35.9 Å². The van der Waals surface area contributed by atoms with Gasteiger partial charge in [0.05, 0.1) is 32.8 Å². The quantitative estimate of drug-likeness (QED) is 0.340. The first kappa shape index (κ1) is 25.7. The van der Waals surface area contributed by atoms with Crippen molar-refractivity contribution in [3.8, 4) is 0 Å². The third-order valence-corrected chi connectivity index (χ3v) is 4.89. The summed E-state index contributed by atoms with van der Waals surface area (Å²) in [4.78, 5) is 35.4. The molecule has 0 aromatic heterocycles. The molecule has 178 valence electrons. The molecule has 6 atom stereocenters. The van der Waals surface area contributed by atoms with Crippen LogP contribution >= 0.6 is 0 Å². The van der Waals surface area contributed by atoms with E-state index in [4.69, 9.17) is 14.2 Å². The predicted molar refractivity (Wildman–Crippen MR) is 108 cm³/mol. The Morgan fingerprint density at radius 2 is 1.88 bits per heavy atom. The third kappa shape index (κ3) is 6.71. The van der Waals surface area contributed by atoms with E-state index in [1.807, 2.05) is 30.3 Å². The number of carbonyl (C=O) groups is 3. The number of nitrogens with one attached hydrogen (secondary N) is 1. The van der Waals surface area contributed by atoms with Gasteiger partial charge < -0.3 is 39.6 Å². The van der Waals surface area contributed by atoms with Crippen LogP contribution in [-0.2, 0) is 39.9 Å². The Kier molecular flexibility index (Phi) is 9.10. The van der Waals surface area contributed by atoms with Crippen molar-refractivity contribution >= 4 is 17.8 Å². The topological polar surface area (TPSA) is 161 Å². The SMILES string of the molecule is COC(=O)[C@]1(O)C[C@H](OC(C)=O)[C@@H](NC(C)=O)[C@H]([C@H](O)[C@H](O)COCc2ccccc2)O1. The molecule has 1 aliphatic rings. The number of rotatable bonds is 9. The molecule has 11 nitrogen and oxygen atoms in total. The summed E-state index contributed by atoms with van der Waals surface area (Å²) in [6.07, 6.45) is -6.63. The molecule has 0 unspecified atom stereocenters. The first-order chi connectivity index (χ1) is 15.1. The first-order valence-electron chi connectivity index (χ1n) is 9.98. The van der Waals surface area contributed by atoms with Crippen LogP contribution in [0.4, 0.5) is 0 Å². The number of hydrogen-bond acceptors (Lipinski definition) is 10. The lowest BCUT2D eigenvalue weighted by Crippen LogP contribution is -2.68. The van der Waals surface area contributed by atoms with Crippen LogP contribution in [0.2, 0.25) is 0 Å². The van der Waals surface area contributed by atoms with Gasteiger partial charge in [0.25, 0.3) is 5.79 Å². The van der Waals surface area contributed by atoms with E-state index in [0.29, 0.717) is 0 Å². The highest BCUT2D eigenvalue weighted by molar-refractivity contribution is 5.78. The van der Waals surface area contributed by atoms with Gasteiger partial charge in [-0.1, -0.05) is 30.3 Å². The molecule has 1 aromatic rings. The van der Waals surface area contributed by atoms with Crippen LogP contribution in [0.5, 0.6) is 0 Å². The van der Waals surface area contributed by atoms with E-state index in [0.717, 1.165) is 19.6 Å². The van der Waals surface area contributed by atoms with E-state index in [-0.39, 0.29) is 13.2 Å². The molecule has 4 N–H and O–H groups in total. The Morgan fingerprint density at radius 1 is 1.22 bits per heavy atom. The van der Waals surface area contributed by atoms with Crippen molar-refractivity contribution in [2.45, 2.75) is 63.1 Å². The monoisotopic (exact) mass is 455 g/mol. The molecule has 32 heavy (non-hydrogen) atoms. The molecule has 1 fully saturated rings. The lowest BCUT2D eigenvalue weighted by Gasteiger charge is -2.46.